The van der Waals surface area contributed by atoms with Gasteiger partial charge in [-0.2, -0.15) is 5.10 Å². The van der Waals surface area contributed by atoms with Crippen molar-refractivity contribution in [2.45, 2.75) is 44.7 Å². The monoisotopic (exact) mass is 373 g/mol. The summed E-state index contributed by atoms with van der Waals surface area (Å²) in [7, 11) is 0. The first kappa shape index (κ1) is 17.1. The summed E-state index contributed by atoms with van der Waals surface area (Å²) in [5, 5.41) is 14.4. The van der Waals surface area contributed by atoms with Gasteiger partial charge in [-0.25, -0.2) is 4.68 Å². The van der Waals surface area contributed by atoms with Gasteiger partial charge in [0.25, 0.3) is 5.91 Å². The van der Waals surface area contributed by atoms with Crippen LogP contribution in [0.3, 0.4) is 0 Å². The molecule has 0 spiro atoms. The van der Waals surface area contributed by atoms with Gasteiger partial charge in [-0.05, 0) is 49.9 Å². The number of aromatic nitrogens is 2. The largest absolute Gasteiger partial charge is 0.481 e. The fourth-order valence-corrected chi connectivity index (χ4v) is 4.83. The molecular weight excluding hydrogens is 354 g/mol. The van der Waals surface area contributed by atoms with Crippen LogP contribution in [0.15, 0.2) is 36.7 Å². The molecule has 2 aromatic rings. The van der Waals surface area contributed by atoms with Gasteiger partial charge in [-0.15, -0.1) is 0 Å². The molecule has 2 aliphatic heterocycles. The Hall–Kier alpha value is -2.34. The summed E-state index contributed by atoms with van der Waals surface area (Å²) in [5.41, 5.74) is 0.299. The number of aliphatic carboxylic acids is 1. The number of benzene rings is 1. The third-order valence-electron chi connectivity index (χ3n) is 5.98. The molecule has 7 heteroatoms. The normalized spacial score (nSPS) is 27.1. The number of carboxylic acid groups (broad SMARTS) is 1. The Morgan fingerprint density at radius 1 is 1.38 bits per heavy atom. The number of hydrogen-bond acceptors (Lipinski definition) is 3. The minimum absolute atomic E-state index is 0.0343. The summed E-state index contributed by atoms with van der Waals surface area (Å²) in [5.74, 6) is -0.991. The fraction of sp³-hybridized carbons (Fsp3) is 0.421. The number of fused-ring (bicyclic) bond motifs is 2. The van der Waals surface area contributed by atoms with Crippen molar-refractivity contribution in [1.29, 1.82) is 0 Å². The van der Waals surface area contributed by atoms with E-state index < -0.39 is 11.4 Å². The van der Waals surface area contributed by atoms with E-state index in [4.69, 9.17) is 11.6 Å². The average Bonchev–Trinajstić information content (AvgIpc) is 3.36. The van der Waals surface area contributed by atoms with Crippen LogP contribution >= 0.6 is 11.6 Å². The molecule has 0 radical (unpaired) electrons. The van der Waals surface area contributed by atoms with E-state index in [0.29, 0.717) is 23.4 Å². The lowest BCUT2D eigenvalue weighted by atomic mass is 9.72. The van der Waals surface area contributed by atoms with E-state index in [0.717, 1.165) is 18.5 Å². The SMILES string of the molecule is CC[C@@]1(C(=O)O)C[C@@H]2CC[C@H]1N2C(=O)c1cc(-n2cccn2)ccc1Cl. The lowest BCUT2D eigenvalue weighted by molar-refractivity contribution is -0.151. The Morgan fingerprint density at radius 2 is 2.19 bits per heavy atom. The van der Waals surface area contributed by atoms with Crippen molar-refractivity contribution in [2.75, 3.05) is 0 Å². The minimum atomic E-state index is -0.843. The van der Waals surface area contributed by atoms with Crippen molar-refractivity contribution in [3.63, 3.8) is 0 Å². The second-order valence-electron chi connectivity index (χ2n) is 7.09. The number of carboxylic acids is 1. The number of carbonyl (C=O) groups excluding carboxylic acids is 1. The Balaban J connectivity index is 1.71. The average molecular weight is 374 g/mol. The molecule has 0 unspecified atom stereocenters. The molecule has 3 heterocycles. The van der Waals surface area contributed by atoms with Crippen LogP contribution in [-0.2, 0) is 4.79 Å². The second kappa shape index (κ2) is 6.13. The molecule has 6 nitrogen and oxygen atoms in total. The lowest BCUT2D eigenvalue weighted by Gasteiger charge is -2.32. The van der Waals surface area contributed by atoms with Gasteiger partial charge in [-0.3, -0.25) is 9.59 Å². The van der Waals surface area contributed by atoms with E-state index in [9.17, 15) is 14.7 Å². The van der Waals surface area contributed by atoms with Crippen LogP contribution in [-0.4, -0.2) is 43.7 Å². The molecule has 1 aromatic heterocycles. The van der Waals surface area contributed by atoms with Gasteiger partial charge in [0.1, 0.15) is 0 Å². The smallest absolute Gasteiger partial charge is 0.311 e. The van der Waals surface area contributed by atoms with Gasteiger partial charge in [0.2, 0.25) is 0 Å². The van der Waals surface area contributed by atoms with Gasteiger partial charge in [0.15, 0.2) is 0 Å². The molecule has 136 valence electrons. The Bertz CT molecular complexity index is 867. The zero-order valence-electron chi connectivity index (χ0n) is 14.4. The zero-order valence-corrected chi connectivity index (χ0v) is 15.2. The first-order valence-electron chi connectivity index (χ1n) is 8.83. The number of hydrogen-bond donors (Lipinski definition) is 1. The molecule has 0 aliphatic carbocycles. The van der Waals surface area contributed by atoms with Crippen LogP contribution in [0.2, 0.25) is 5.02 Å². The van der Waals surface area contributed by atoms with Gasteiger partial charge in [-0.1, -0.05) is 18.5 Å². The molecule has 1 aromatic carbocycles. The highest BCUT2D eigenvalue weighted by molar-refractivity contribution is 6.34. The third-order valence-corrected chi connectivity index (χ3v) is 6.31. The Kier molecular flexibility index (Phi) is 4.03. The van der Waals surface area contributed by atoms with E-state index >= 15 is 0 Å². The summed E-state index contributed by atoms with van der Waals surface area (Å²) >= 11 is 6.32. The van der Waals surface area contributed by atoms with Crippen molar-refractivity contribution >= 4 is 23.5 Å². The second-order valence-corrected chi connectivity index (χ2v) is 7.50. The van der Waals surface area contributed by atoms with Gasteiger partial charge in [0, 0.05) is 24.5 Å². The molecule has 1 amide bonds. The molecule has 1 N–H and O–H groups in total. The minimum Gasteiger partial charge on any atom is -0.481 e. The summed E-state index contributed by atoms with van der Waals surface area (Å²) in [6, 6.07) is 6.72. The molecule has 2 bridgehead atoms. The number of carbonyl (C=O) groups is 2. The van der Waals surface area contributed by atoms with Crippen molar-refractivity contribution < 1.29 is 14.7 Å². The Labute approximate surface area is 156 Å². The summed E-state index contributed by atoms with van der Waals surface area (Å²) < 4.78 is 1.67. The van der Waals surface area contributed by atoms with Crippen LogP contribution in [0.4, 0.5) is 0 Å². The zero-order chi connectivity index (χ0) is 18.5. The first-order valence-corrected chi connectivity index (χ1v) is 9.21. The van der Waals surface area contributed by atoms with Crippen molar-refractivity contribution in [1.82, 2.24) is 14.7 Å². The molecular formula is C19H20ClN3O3. The van der Waals surface area contributed by atoms with Crippen LogP contribution < -0.4 is 0 Å². The maximum absolute atomic E-state index is 13.3. The molecule has 0 saturated carbocycles. The highest BCUT2D eigenvalue weighted by Crippen LogP contribution is 2.52. The van der Waals surface area contributed by atoms with Gasteiger partial charge in [0.05, 0.1) is 21.7 Å². The van der Waals surface area contributed by atoms with Crippen molar-refractivity contribution in [3.05, 3.63) is 47.2 Å². The maximum Gasteiger partial charge on any atom is 0.311 e. The van der Waals surface area contributed by atoms with E-state index in [1.54, 1.807) is 46.2 Å². The highest BCUT2D eigenvalue weighted by atomic mass is 35.5. The molecule has 2 saturated heterocycles. The maximum atomic E-state index is 13.3. The molecule has 3 atom stereocenters. The van der Waals surface area contributed by atoms with Crippen molar-refractivity contribution in [2.24, 2.45) is 5.41 Å². The van der Waals surface area contributed by atoms with Gasteiger partial charge >= 0.3 is 5.97 Å². The molecule has 2 aliphatic rings. The quantitative estimate of drug-likeness (QED) is 0.891. The fourth-order valence-electron chi connectivity index (χ4n) is 4.63. The number of rotatable bonds is 4. The number of halogens is 1. The first-order chi connectivity index (χ1) is 12.5. The summed E-state index contributed by atoms with van der Waals surface area (Å²) in [6.07, 6.45) is 6.08. The van der Waals surface area contributed by atoms with E-state index in [-0.39, 0.29) is 18.0 Å². The summed E-state index contributed by atoms with van der Waals surface area (Å²) in [4.78, 5) is 27.0. The van der Waals surface area contributed by atoms with Crippen molar-refractivity contribution in [3.8, 4) is 5.69 Å². The van der Waals surface area contributed by atoms with Crippen LogP contribution in [0.5, 0.6) is 0 Å². The topological polar surface area (TPSA) is 75.4 Å². The number of nitrogens with zero attached hydrogens (tertiary/aromatic N) is 3. The van der Waals surface area contributed by atoms with Gasteiger partial charge < -0.3 is 10.0 Å². The molecule has 26 heavy (non-hydrogen) atoms. The standard InChI is InChI=1S/C19H20ClN3O3/c1-2-19(18(25)26)11-13-5-7-16(19)23(13)17(24)14-10-12(4-6-15(14)20)22-9-3-8-21-22/h3-4,6,8-10,13,16H,2,5,7,11H2,1H3,(H,25,26)/t13-,16+,19+/m0/s1. The summed E-state index contributed by atoms with van der Waals surface area (Å²) in [6.45, 7) is 1.89. The molecule has 4 rings (SSSR count). The van der Waals surface area contributed by atoms with E-state index in [2.05, 4.69) is 5.10 Å². The highest BCUT2D eigenvalue weighted by Gasteiger charge is 2.60. The van der Waals surface area contributed by atoms with Crippen LogP contribution in [0.1, 0.15) is 43.0 Å². The van der Waals surface area contributed by atoms with Crippen LogP contribution in [0.25, 0.3) is 5.69 Å². The number of amides is 1. The van der Waals surface area contributed by atoms with E-state index in [1.165, 1.54) is 0 Å². The Morgan fingerprint density at radius 3 is 2.81 bits per heavy atom. The lowest BCUT2D eigenvalue weighted by Crippen LogP contribution is -2.44. The predicted octanol–water partition coefficient (Wildman–Crippen LogP) is 3.38. The molecule has 2 fully saturated rings. The van der Waals surface area contributed by atoms with E-state index in [1.807, 2.05) is 6.92 Å². The third kappa shape index (κ3) is 2.35. The predicted molar refractivity (Wildman–Crippen MR) is 96.5 cm³/mol. The van der Waals surface area contributed by atoms with Crippen LogP contribution in [0, 0.1) is 5.41 Å².